The molecular formula is C18H28N6OS. The van der Waals surface area contributed by atoms with Gasteiger partial charge in [-0.25, -0.2) is 9.50 Å². The predicted octanol–water partition coefficient (Wildman–Crippen LogP) is 2.00. The van der Waals surface area contributed by atoms with Crippen LogP contribution in [0.2, 0.25) is 0 Å². The van der Waals surface area contributed by atoms with Crippen LogP contribution >= 0.6 is 11.8 Å². The van der Waals surface area contributed by atoms with Gasteiger partial charge in [0.25, 0.3) is 5.78 Å². The van der Waals surface area contributed by atoms with Crippen molar-refractivity contribution in [1.82, 2.24) is 29.8 Å². The minimum Gasteiger partial charge on any atom is -0.353 e. The van der Waals surface area contributed by atoms with Gasteiger partial charge < -0.3 is 10.2 Å². The topological polar surface area (TPSA) is 75.4 Å². The first-order valence-electron chi connectivity index (χ1n) is 9.30. The summed E-state index contributed by atoms with van der Waals surface area (Å²) >= 11 is 1.49. The molecule has 7 nitrogen and oxygen atoms in total. The number of carbonyl (C=O) groups is 1. The summed E-state index contributed by atoms with van der Waals surface area (Å²) in [5, 5.41) is 8.35. The highest BCUT2D eigenvalue weighted by molar-refractivity contribution is 7.98. The summed E-state index contributed by atoms with van der Waals surface area (Å²) in [6, 6.07) is 0.280. The van der Waals surface area contributed by atoms with Gasteiger partial charge in [0.1, 0.15) is 0 Å². The van der Waals surface area contributed by atoms with E-state index in [0.29, 0.717) is 17.4 Å². The van der Waals surface area contributed by atoms with Crippen LogP contribution in [0.5, 0.6) is 0 Å². The molecule has 8 heteroatoms. The van der Waals surface area contributed by atoms with E-state index in [9.17, 15) is 4.79 Å². The number of fused-ring (bicyclic) bond motifs is 1. The lowest BCUT2D eigenvalue weighted by atomic mass is 10.0. The Morgan fingerprint density at radius 2 is 2.00 bits per heavy atom. The third-order valence-corrected chi connectivity index (χ3v) is 5.58. The molecule has 0 unspecified atom stereocenters. The average molecular weight is 377 g/mol. The quantitative estimate of drug-likeness (QED) is 0.777. The zero-order chi connectivity index (χ0) is 18.7. The van der Waals surface area contributed by atoms with Crippen LogP contribution in [0.3, 0.4) is 0 Å². The Bertz CT molecular complexity index is 782. The Morgan fingerprint density at radius 1 is 1.27 bits per heavy atom. The average Bonchev–Trinajstić information content (AvgIpc) is 3.04. The van der Waals surface area contributed by atoms with Crippen molar-refractivity contribution in [2.45, 2.75) is 57.7 Å². The summed E-state index contributed by atoms with van der Waals surface area (Å²) in [7, 11) is 0. The SMILES string of the molecule is CCCN1CCC(NC(=O)Cc2c(C)nc3nc(SC)nn3c2C)CC1. The van der Waals surface area contributed by atoms with E-state index < -0.39 is 0 Å². The van der Waals surface area contributed by atoms with Gasteiger partial charge in [-0.3, -0.25) is 4.79 Å². The molecular weight excluding hydrogens is 348 g/mol. The number of thioether (sulfide) groups is 1. The first-order chi connectivity index (χ1) is 12.5. The van der Waals surface area contributed by atoms with Crippen LogP contribution in [-0.2, 0) is 11.2 Å². The molecule has 3 heterocycles. The number of rotatable bonds is 6. The Hall–Kier alpha value is -1.67. The maximum Gasteiger partial charge on any atom is 0.253 e. The number of amides is 1. The van der Waals surface area contributed by atoms with Crippen LogP contribution in [0.4, 0.5) is 0 Å². The number of nitrogens with zero attached hydrogens (tertiary/aromatic N) is 5. The zero-order valence-electron chi connectivity index (χ0n) is 16.1. The van der Waals surface area contributed by atoms with Gasteiger partial charge in [0.2, 0.25) is 11.1 Å². The van der Waals surface area contributed by atoms with Crippen molar-refractivity contribution in [3.05, 3.63) is 17.0 Å². The second-order valence-electron chi connectivity index (χ2n) is 6.93. The van der Waals surface area contributed by atoms with Crippen LogP contribution in [0.1, 0.15) is 43.1 Å². The molecule has 0 atom stereocenters. The summed E-state index contributed by atoms with van der Waals surface area (Å²) in [6.45, 7) is 9.42. The van der Waals surface area contributed by atoms with Crippen molar-refractivity contribution >= 4 is 23.4 Å². The van der Waals surface area contributed by atoms with Crippen molar-refractivity contribution in [2.24, 2.45) is 0 Å². The number of aryl methyl sites for hydroxylation is 2. The summed E-state index contributed by atoms with van der Waals surface area (Å²) in [4.78, 5) is 24.0. The summed E-state index contributed by atoms with van der Waals surface area (Å²) in [5.41, 5.74) is 2.73. The smallest absolute Gasteiger partial charge is 0.253 e. The van der Waals surface area contributed by atoms with Gasteiger partial charge in [0.15, 0.2) is 0 Å². The van der Waals surface area contributed by atoms with Crippen molar-refractivity contribution in [3.63, 3.8) is 0 Å². The summed E-state index contributed by atoms with van der Waals surface area (Å²) in [6.07, 6.45) is 5.52. The predicted molar refractivity (Wildman–Crippen MR) is 104 cm³/mol. The molecule has 1 N–H and O–H groups in total. The van der Waals surface area contributed by atoms with Crippen molar-refractivity contribution in [2.75, 3.05) is 25.9 Å². The number of piperidine rings is 1. The lowest BCUT2D eigenvalue weighted by Crippen LogP contribution is -2.45. The molecule has 1 aliphatic rings. The number of hydrogen-bond acceptors (Lipinski definition) is 6. The Kier molecular flexibility index (Phi) is 6.13. The Balaban J connectivity index is 1.66. The molecule has 0 aliphatic carbocycles. The molecule has 2 aromatic heterocycles. The highest BCUT2D eigenvalue weighted by Crippen LogP contribution is 2.18. The summed E-state index contributed by atoms with van der Waals surface area (Å²) < 4.78 is 1.74. The fraction of sp³-hybridized carbons (Fsp3) is 0.667. The lowest BCUT2D eigenvalue weighted by Gasteiger charge is -2.32. The molecule has 0 radical (unpaired) electrons. The first-order valence-corrected chi connectivity index (χ1v) is 10.5. The van der Waals surface area contributed by atoms with Crippen LogP contribution in [0, 0.1) is 13.8 Å². The van der Waals surface area contributed by atoms with Gasteiger partial charge in [-0.2, -0.15) is 4.98 Å². The van der Waals surface area contributed by atoms with Crippen molar-refractivity contribution in [1.29, 1.82) is 0 Å². The Morgan fingerprint density at radius 3 is 2.65 bits per heavy atom. The van der Waals surface area contributed by atoms with E-state index in [-0.39, 0.29) is 11.9 Å². The second-order valence-corrected chi connectivity index (χ2v) is 7.71. The summed E-state index contributed by atoms with van der Waals surface area (Å²) in [5.74, 6) is 0.660. The van der Waals surface area contributed by atoms with E-state index in [4.69, 9.17) is 0 Å². The normalized spacial score (nSPS) is 16.3. The van der Waals surface area contributed by atoms with Crippen LogP contribution in [-0.4, -0.2) is 62.3 Å². The van der Waals surface area contributed by atoms with Gasteiger partial charge in [0, 0.05) is 36.1 Å². The highest BCUT2D eigenvalue weighted by Gasteiger charge is 2.21. The standard InChI is InChI=1S/C18H28N6OS/c1-5-8-23-9-6-14(7-10-23)20-16(25)11-15-12(2)19-17-21-18(26-4)22-24(17)13(15)3/h14H,5-11H2,1-4H3,(H,20,25). The highest BCUT2D eigenvalue weighted by atomic mass is 32.2. The van der Waals surface area contributed by atoms with E-state index >= 15 is 0 Å². The maximum absolute atomic E-state index is 12.6. The molecule has 0 bridgehead atoms. The van der Waals surface area contributed by atoms with Crippen molar-refractivity contribution in [3.8, 4) is 0 Å². The zero-order valence-corrected chi connectivity index (χ0v) is 16.9. The van der Waals surface area contributed by atoms with Gasteiger partial charge in [-0.1, -0.05) is 18.7 Å². The van der Waals surface area contributed by atoms with Gasteiger partial charge in [0.05, 0.1) is 6.42 Å². The molecule has 142 valence electrons. The molecule has 1 aliphatic heterocycles. The molecule has 0 saturated carbocycles. The van der Waals surface area contributed by atoms with E-state index in [1.165, 1.54) is 18.2 Å². The number of nitrogens with one attached hydrogen (secondary N) is 1. The molecule has 2 aromatic rings. The molecule has 1 amide bonds. The number of carbonyl (C=O) groups excluding carboxylic acids is 1. The molecule has 1 saturated heterocycles. The fourth-order valence-corrected chi connectivity index (χ4v) is 3.92. The van der Waals surface area contributed by atoms with E-state index in [0.717, 1.165) is 49.4 Å². The van der Waals surface area contributed by atoms with Gasteiger partial charge in [-0.15, -0.1) is 5.10 Å². The van der Waals surface area contributed by atoms with E-state index in [1.807, 2.05) is 20.1 Å². The van der Waals surface area contributed by atoms with E-state index in [2.05, 4.69) is 32.2 Å². The lowest BCUT2D eigenvalue weighted by molar-refractivity contribution is -0.121. The Labute approximate surface area is 159 Å². The second kappa shape index (κ2) is 8.35. The molecule has 1 fully saturated rings. The van der Waals surface area contributed by atoms with Crippen LogP contribution in [0.25, 0.3) is 5.78 Å². The van der Waals surface area contributed by atoms with Gasteiger partial charge in [-0.05, 0) is 45.9 Å². The van der Waals surface area contributed by atoms with Crippen LogP contribution < -0.4 is 5.32 Å². The van der Waals surface area contributed by atoms with Crippen molar-refractivity contribution < 1.29 is 4.79 Å². The third kappa shape index (κ3) is 4.17. The third-order valence-electron chi connectivity index (χ3n) is 5.04. The monoisotopic (exact) mass is 376 g/mol. The fourth-order valence-electron chi connectivity index (χ4n) is 3.59. The molecule has 3 rings (SSSR count). The minimum atomic E-state index is 0.0662. The first kappa shape index (κ1) is 19.1. The maximum atomic E-state index is 12.6. The minimum absolute atomic E-state index is 0.0662. The largest absolute Gasteiger partial charge is 0.353 e. The molecule has 0 spiro atoms. The molecule has 0 aromatic carbocycles. The van der Waals surface area contributed by atoms with Crippen LogP contribution in [0.15, 0.2) is 5.16 Å². The number of likely N-dealkylation sites (tertiary alicyclic amines) is 1. The number of hydrogen-bond donors (Lipinski definition) is 1. The molecule has 26 heavy (non-hydrogen) atoms. The number of aromatic nitrogens is 4. The van der Waals surface area contributed by atoms with E-state index in [1.54, 1.807) is 4.52 Å². The van der Waals surface area contributed by atoms with Gasteiger partial charge >= 0.3 is 0 Å².